The second-order valence-corrected chi connectivity index (χ2v) is 2.80. The van der Waals surface area contributed by atoms with Crippen molar-refractivity contribution in [2.45, 2.75) is 5.88 Å². The average Bonchev–Trinajstić information content (AvgIpc) is 2.25. The normalized spacial score (nSPS) is 9.21. The lowest BCUT2D eigenvalue weighted by atomic mass is 10.2. The first-order chi connectivity index (χ1) is 6.83. The van der Waals surface area contributed by atoms with Gasteiger partial charge in [-0.25, -0.2) is 0 Å². The smallest absolute Gasteiger partial charge is 0.174 e. The third-order valence-electron chi connectivity index (χ3n) is 1.71. The number of hydrogen-bond acceptors (Lipinski definition) is 3. The second kappa shape index (κ2) is 5.36. The predicted molar refractivity (Wildman–Crippen MR) is 53.7 cm³/mol. The average molecular weight is 212 g/mol. The fourth-order valence-corrected chi connectivity index (χ4v) is 1.31. The summed E-state index contributed by atoms with van der Waals surface area (Å²) >= 11 is 5.72. The van der Waals surface area contributed by atoms with Crippen molar-refractivity contribution in [3.05, 3.63) is 23.8 Å². The summed E-state index contributed by atoms with van der Waals surface area (Å²) < 4.78 is 10.3. The SMILES string of the molecule is COc1cccc(CCl)c1OCC#N. The van der Waals surface area contributed by atoms with Crippen LogP contribution in [0.25, 0.3) is 0 Å². The minimum Gasteiger partial charge on any atom is -0.493 e. The zero-order chi connectivity index (χ0) is 10.4. The van der Waals surface area contributed by atoms with Crippen molar-refractivity contribution in [2.24, 2.45) is 0 Å². The molecule has 0 bridgehead atoms. The Kier molecular flexibility index (Phi) is 4.09. The lowest BCUT2D eigenvalue weighted by molar-refractivity contribution is 0.327. The van der Waals surface area contributed by atoms with Gasteiger partial charge in [-0.05, 0) is 6.07 Å². The molecule has 0 fully saturated rings. The van der Waals surface area contributed by atoms with Crippen LogP contribution < -0.4 is 9.47 Å². The first-order valence-corrected chi connectivity index (χ1v) is 4.58. The molecule has 1 aromatic carbocycles. The fourth-order valence-electron chi connectivity index (χ4n) is 1.10. The van der Waals surface area contributed by atoms with E-state index in [4.69, 9.17) is 26.3 Å². The van der Waals surface area contributed by atoms with E-state index < -0.39 is 0 Å². The molecular weight excluding hydrogens is 202 g/mol. The quantitative estimate of drug-likeness (QED) is 0.718. The molecule has 14 heavy (non-hydrogen) atoms. The van der Waals surface area contributed by atoms with Crippen LogP contribution in [0.5, 0.6) is 11.5 Å². The van der Waals surface area contributed by atoms with Crippen LogP contribution in [0.3, 0.4) is 0 Å². The summed E-state index contributed by atoms with van der Waals surface area (Å²) in [5.74, 6) is 1.47. The van der Waals surface area contributed by atoms with Gasteiger partial charge < -0.3 is 9.47 Å². The molecule has 0 saturated carbocycles. The van der Waals surface area contributed by atoms with Gasteiger partial charge in [-0.15, -0.1) is 11.6 Å². The monoisotopic (exact) mass is 211 g/mol. The molecule has 0 radical (unpaired) electrons. The molecule has 0 heterocycles. The van der Waals surface area contributed by atoms with Gasteiger partial charge in [0.1, 0.15) is 6.07 Å². The van der Waals surface area contributed by atoms with Crippen LogP contribution in [-0.4, -0.2) is 13.7 Å². The highest BCUT2D eigenvalue weighted by Crippen LogP contribution is 2.31. The maximum absolute atomic E-state index is 8.41. The summed E-state index contributed by atoms with van der Waals surface area (Å²) in [7, 11) is 1.55. The molecule has 0 aliphatic carbocycles. The van der Waals surface area contributed by atoms with E-state index in [1.54, 1.807) is 13.2 Å². The zero-order valence-electron chi connectivity index (χ0n) is 7.79. The molecule has 0 unspecified atom stereocenters. The molecule has 74 valence electrons. The largest absolute Gasteiger partial charge is 0.493 e. The van der Waals surface area contributed by atoms with Crippen LogP contribution in [0.4, 0.5) is 0 Å². The van der Waals surface area contributed by atoms with Crippen molar-refractivity contribution in [2.75, 3.05) is 13.7 Å². The number of methoxy groups -OCH3 is 1. The van der Waals surface area contributed by atoms with E-state index >= 15 is 0 Å². The summed E-state index contributed by atoms with van der Waals surface area (Å²) in [5, 5.41) is 8.41. The Morgan fingerprint density at radius 3 is 2.86 bits per heavy atom. The lowest BCUT2D eigenvalue weighted by Crippen LogP contribution is -1.99. The number of alkyl halides is 1. The molecule has 0 saturated heterocycles. The number of hydrogen-bond donors (Lipinski definition) is 0. The van der Waals surface area contributed by atoms with Gasteiger partial charge in [0.2, 0.25) is 0 Å². The Balaban J connectivity index is 3.00. The number of para-hydroxylation sites is 1. The van der Waals surface area contributed by atoms with Gasteiger partial charge >= 0.3 is 0 Å². The van der Waals surface area contributed by atoms with Crippen molar-refractivity contribution in [3.63, 3.8) is 0 Å². The maximum atomic E-state index is 8.41. The van der Waals surface area contributed by atoms with Crippen LogP contribution in [0, 0.1) is 11.3 Å². The number of nitriles is 1. The Labute approximate surface area is 87.8 Å². The Bertz CT molecular complexity index is 324. The van der Waals surface area contributed by atoms with Gasteiger partial charge in [0.15, 0.2) is 18.1 Å². The van der Waals surface area contributed by atoms with Crippen LogP contribution in [0.2, 0.25) is 0 Å². The number of rotatable bonds is 4. The highest BCUT2D eigenvalue weighted by Gasteiger charge is 2.08. The van der Waals surface area contributed by atoms with Gasteiger partial charge in [0, 0.05) is 5.56 Å². The van der Waals surface area contributed by atoms with Gasteiger partial charge in [-0.2, -0.15) is 5.26 Å². The Hall–Kier alpha value is -1.40. The van der Waals surface area contributed by atoms with Crippen molar-refractivity contribution in [1.82, 2.24) is 0 Å². The summed E-state index contributed by atoms with van der Waals surface area (Å²) in [6.45, 7) is -0.00966. The minimum absolute atomic E-state index is 0.00966. The summed E-state index contributed by atoms with van der Waals surface area (Å²) in [4.78, 5) is 0. The second-order valence-electron chi connectivity index (χ2n) is 2.53. The molecule has 0 atom stereocenters. The van der Waals surface area contributed by atoms with Crippen molar-refractivity contribution in [3.8, 4) is 17.6 Å². The first kappa shape index (κ1) is 10.7. The summed E-state index contributed by atoms with van der Waals surface area (Å²) in [6.07, 6.45) is 0. The fraction of sp³-hybridized carbons (Fsp3) is 0.300. The first-order valence-electron chi connectivity index (χ1n) is 4.05. The third kappa shape index (κ3) is 2.30. The van der Waals surface area contributed by atoms with Crippen LogP contribution in [0.1, 0.15) is 5.56 Å². The molecule has 0 N–H and O–H groups in total. The van der Waals surface area contributed by atoms with E-state index in [1.807, 2.05) is 18.2 Å². The van der Waals surface area contributed by atoms with E-state index in [1.165, 1.54) is 0 Å². The maximum Gasteiger partial charge on any atom is 0.174 e. The number of nitrogens with zero attached hydrogens (tertiary/aromatic N) is 1. The molecule has 0 spiro atoms. The highest BCUT2D eigenvalue weighted by molar-refractivity contribution is 6.17. The van der Waals surface area contributed by atoms with E-state index in [-0.39, 0.29) is 6.61 Å². The predicted octanol–water partition coefficient (Wildman–Crippen LogP) is 2.34. The van der Waals surface area contributed by atoms with E-state index in [0.29, 0.717) is 17.4 Å². The van der Waals surface area contributed by atoms with E-state index in [9.17, 15) is 0 Å². The molecule has 3 nitrogen and oxygen atoms in total. The third-order valence-corrected chi connectivity index (χ3v) is 1.99. The number of halogens is 1. The molecule has 0 aliphatic heterocycles. The van der Waals surface area contributed by atoms with Gasteiger partial charge in [0.25, 0.3) is 0 Å². The van der Waals surface area contributed by atoms with Gasteiger partial charge in [0.05, 0.1) is 13.0 Å². The van der Waals surface area contributed by atoms with Crippen LogP contribution in [0.15, 0.2) is 18.2 Å². The number of benzene rings is 1. The molecule has 0 aromatic heterocycles. The number of ether oxygens (including phenoxy) is 2. The molecule has 0 aliphatic rings. The molecule has 0 amide bonds. The standard InChI is InChI=1S/C10H10ClNO2/c1-13-9-4-2-3-8(7-11)10(9)14-6-5-12/h2-4H,6-7H2,1H3. The molecular formula is C10H10ClNO2. The van der Waals surface area contributed by atoms with Crippen LogP contribution in [-0.2, 0) is 5.88 Å². The molecule has 1 rings (SSSR count). The van der Waals surface area contributed by atoms with E-state index in [0.717, 1.165) is 5.56 Å². The lowest BCUT2D eigenvalue weighted by Gasteiger charge is -2.11. The minimum atomic E-state index is -0.00966. The summed E-state index contributed by atoms with van der Waals surface area (Å²) in [5.41, 5.74) is 0.821. The van der Waals surface area contributed by atoms with Gasteiger partial charge in [-0.3, -0.25) is 0 Å². The van der Waals surface area contributed by atoms with Gasteiger partial charge in [-0.1, -0.05) is 12.1 Å². The zero-order valence-corrected chi connectivity index (χ0v) is 8.54. The van der Waals surface area contributed by atoms with Crippen LogP contribution >= 0.6 is 11.6 Å². The highest BCUT2D eigenvalue weighted by atomic mass is 35.5. The topological polar surface area (TPSA) is 42.2 Å². The molecule has 4 heteroatoms. The van der Waals surface area contributed by atoms with Crippen molar-refractivity contribution in [1.29, 1.82) is 5.26 Å². The Morgan fingerprint density at radius 1 is 1.50 bits per heavy atom. The molecule has 1 aromatic rings. The van der Waals surface area contributed by atoms with E-state index in [2.05, 4.69) is 0 Å². The van der Waals surface area contributed by atoms with Crippen molar-refractivity contribution < 1.29 is 9.47 Å². The van der Waals surface area contributed by atoms with Crippen molar-refractivity contribution >= 4 is 11.6 Å². The summed E-state index contributed by atoms with van der Waals surface area (Å²) in [6, 6.07) is 7.33. The Morgan fingerprint density at radius 2 is 2.29 bits per heavy atom.